The first kappa shape index (κ1) is 50.7. The second-order valence-corrected chi connectivity index (χ2v) is 19.4. The van der Waals surface area contributed by atoms with Crippen molar-refractivity contribution in [1.29, 1.82) is 0 Å². The summed E-state index contributed by atoms with van der Waals surface area (Å²) in [6, 6.07) is 19.2. The lowest BCUT2D eigenvalue weighted by atomic mass is 9.84. The summed E-state index contributed by atoms with van der Waals surface area (Å²) in [5.41, 5.74) is 8.05. The lowest BCUT2D eigenvalue weighted by molar-refractivity contribution is 0.122. The second-order valence-electron chi connectivity index (χ2n) is 18.5. The first-order valence-corrected chi connectivity index (χ1v) is 25.3. The fraction of sp³-hybridized carbons (Fsp3) is 0.296. The third kappa shape index (κ3) is 11.4. The van der Waals surface area contributed by atoms with Crippen LogP contribution in [0, 0.1) is 37.1 Å². The Labute approximate surface area is 433 Å². The molecule has 8 aromatic rings. The fourth-order valence-corrected chi connectivity index (χ4v) is 9.35. The lowest BCUT2D eigenvalue weighted by Crippen LogP contribution is -2.36. The van der Waals surface area contributed by atoms with Crippen LogP contribution in [0.1, 0.15) is 48.3 Å². The predicted octanol–water partition coefficient (Wildman–Crippen LogP) is 11.0. The van der Waals surface area contributed by atoms with Gasteiger partial charge in [0.25, 0.3) is 0 Å². The molecule has 2 saturated heterocycles. The summed E-state index contributed by atoms with van der Waals surface area (Å²) in [7, 11) is -1.04. The molecule has 380 valence electrons. The molecule has 74 heavy (non-hydrogen) atoms. The molecule has 0 atom stereocenters. The van der Waals surface area contributed by atoms with Crippen molar-refractivity contribution in [2.75, 3.05) is 73.0 Å². The van der Waals surface area contributed by atoms with Crippen molar-refractivity contribution in [2.45, 2.75) is 51.3 Å². The Kier molecular flexibility index (Phi) is 15.3. The molecule has 14 nitrogen and oxygen atoms in total. The van der Waals surface area contributed by atoms with Crippen LogP contribution in [0.3, 0.4) is 0 Å². The van der Waals surface area contributed by atoms with Crippen LogP contribution in [0.5, 0.6) is 0 Å². The van der Waals surface area contributed by atoms with E-state index < -0.39 is 30.4 Å². The average Bonchev–Trinajstić information content (AvgIpc) is 4.36. The first-order chi connectivity index (χ1) is 35.9. The van der Waals surface area contributed by atoms with Gasteiger partial charge in [-0.05, 0) is 84.2 Å². The van der Waals surface area contributed by atoms with Gasteiger partial charge >= 0.3 is 7.12 Å². The van der Waals surface area contributed by atoms with Gasteiger partial charge in [-0.25, -0.2) is 37.5 Å². The van der Waals surface area contributed by atoms with Gasteiger partial charge in [-0.1, -0.05) is 25.0 Å². The average molecular weight is 1070 g/mol. The molecular weight excluding hydrogens is 1020 g/mol. The van der Waals surface area contributed by atoms with E-state index >= 15 is 8.78 Å². The Morgan fingerprint density at radius 3 is 1.51 bits per heavy atom. The molecule has 8 heterocycles. The molecule has 0 bridgehead atoms. The summed E-state index contributed by atoms with van der Waals surface area (Å²) in [6.45, 7) is 9.35. The van der Waals surface area contributed by atoms with Crippen LogP contribution in [0.2, 0.25) is 5.82 Å². The van der Waals surface area contributed by atoms with Crippen LogP contribution in [0.25, 0.3) is 44.6 Å². The molecule has 2 saturated carbocycles. The maximum Gasteiger partial charge on any atom is 0.454 e. The molecule has 0 amide bonds. The molecular formula is C54H52BBrF4N10O4. The largest absolute Gasteiger partial charge is 0.454 e. The van der Waals surface area contributed by atoms with E-state index in [1.54, 1.807) is 24.7 Å². The van der Waals surface area contributed by atoms with Crippen molar-refractivity contribution in [3.63, 3.8) is 0 Å². The number of rotatable bonds is 10. The van der Waals surface area contributed by atoms with E-state index in [1.165, 1.54) is 12.1 Å². The van der Waals surface area contributed by atoms with E-state index in [2.05, 4.69) is 61.3 Å². The molecule has 4 aliphatic rings. The SMILES string of the molecule is Cc1c(-c2ccccn2)nc2cc(F)cc(F)c2c1Nc1cc(N2CCOCC2)ncc1Br.Cc1c(-c2ccccn2)nc2cc(F)cc(F)c2c1Nc1cc(N2CCOCC2)ncc1C1CC1.OB(O)C1CC1. The Morgan fingerprint density at radius 1 is 0.608 bits per heavy atom. The summed E-state index contributed by atoms with van der Waals surface area (Å²) in [6.07, 6.45) is 11.2. The number of morpholine rings is 2. The normalized spacial score (nSPS) is 15.5. The highest BCUT2D eigenvalue weighted by molar-refractivity contribution is 9.10. The van der Waals surface area contributed by atoms with Crippen LogP contribution in [0.4, 0.5) is 51.9 Å². The zero-order valence-electron chi connectivity index (χ0n) is 40.6. The van der Waals surface area contributed by atoms with Crippen molar-refractivity contribution in [1.82, 2.24) is 29.9 Å². The number of benzene rings is 2. The number of pyridine rings is 6. The number of fused-ring (bicyclic) bond motifs is 2. The quantitative estimate of drug-likeness (QED) is 0.0755. The van der Waals surface area contributed by atoms with Crippen molar-refractivity contribution < 1.29 is 37.1 Å². The van der Waals surface area contributed by atoms with Gasteiger partial charge in [-0.15, -0.1) is 0 Å². The van der Waals surface area contributed by atoms with Crippen LogP contribution in [0.15, 0.2) is 102 Å². The number of aromatic nitrogens is 6. The summed E-state index contributed by atoms with van der Waals surface area (Å²) < 4.78 is 70.1. The minimum atomic E-state index is -1.04. The van der Waals surface area contributed by atoms with E-state index in [4.69, 9.17) is 24.5 Å². The minimum absolute atomic E-state index is 0.208. The Balaban J connectivity index is 0.000000152. The highest BCUT2D eigenvalue weighted by Crippen LogP contribution is 2.46. The van der Waals surface area contributed by atoms with Gasteiger partial charge in [0.05, 0.1) is 92.5 Å². The molecule has 4 fully saturated rings. The Morgan fingerprint density at radius 2 is 1.08 bits per heavy atom. The van der Waals surface area contributed by atoms with Gasteiger partial charge in [-0.3, -0.25) is 9.97 Å². The summed E-state index contributed by atoms with van der Waals surface area (Å²) in [5.74, 6) is -0.408. The molecule has 2 aromatic carbocycles. The zero-order valence-corrected chi connectivity index (χ0v) is 42.2. The number of nitrogens with zero attached hydrogens (tertiary/aromatic N) is 8. The molecule has 12 rings (SSSR count). The molecule has 0 radical (unpaired) electrons. The number of hydrogen-bond acceptors (Lipinski definition) is 14. The van der Waals surface area contributed by atoms with Crippen molar-refractivity contribution in [2.24, 2.45) is 0 Å². The van der Waals surface area contributed by atoms with E-state index in [0.29, 0.717) is 82.2 Å². The number of hydrogen-bond donors (Lipinski definition) is 4. The predicted molar refractivity (Wildman–Crippen MR) is 283 cm³/mol. The summed E-state index contributed by atoms with van der Waals surface area (Å²) in [5, 5.41) is 23.9. The standard InChI is InChI=1S/C27H25F2N5O.C24H20BrF2N5O.C3H7BO2/c1-16-26(21-4-2-3-7-30-21)33-23-13-18(28)12-20(29)25(23)27(16)32-22-14-24(34-8-10-35-11-9-34)31-15-19(22)17-5-6-17;1-14-23(18-4-2-3-5-28-18)31-20-11-15(26)10-17(27)22(20)24(14)30-19-12-21(29-13-16(19)25)32-6-8-33-9-7-32;5-4(6)3-1-2-3/h2-4,7,12-15,17H,5-6,8-11H2,1H3,(H,31,32,33);2-5,10-13H,6-9H2,1H3,(H,29,30,31);3,5-6H,1-2H2. The third-order valence-corrected chi connectivity index (χ3v) is 14.0. The van der Waals surface area contributed by atoms with Crippen molar-refractivity contribution >= 4 is 79.2 Å². The molecule has 6 aromatic heterocycles. The zero-order chi connectivity index (χ0) is 51.5. The maximum atomic E-state index is 15.2. The monoisotopic (exact) mass is 1070 g/mol. The highest BCUT2D eigenvalue weighted by atomic mass is 79.9. The van der Waals surface area contributed by atoms with Gasteiger partial charge in [0.1, 0.15) is 34.9 Å². The number of anilines is 6. The topological polar surface area (TPSA) is 167 Å². The second kappa shape index (κ2) is 22.3. The van der Waals surface area contributed by atoms with E-state index in [1.807, 2.05) is 62.5 Å². The lowest BCUT2D eigenvalue weighted by Gasteiger charge is -2.28. The fourth-order valence-electron chi connectivity index (χ4n) is 9.03. The first-order valence-electron chi connectivity index (χ1n) is 24.5. The Bertz CT molecular complexity index is 3310. The molecule has 2 aliphatic carbocycles. The highest BCUT2D eigenvalue weighted by Gasteiger charge is 2.33. The van der Waals surface area contributed by atoms with Crippen LogP contribution in [-0.4, -0.2) is 99.7 Å². The molecule has 20 heteroatoms. The summed E-state index contributed by atoms with van der Waals surface area (Å²) in [4.78, 5) is 31.6. The minimum Gasteiger partial charge on any atom is -0.427 e. The third-order valence-electron chi connectivity index (χ3n) is 13.3. The van der Waals surface area contributed by atoms with Gasteiger partial charge in [0.15, 0.2) is 0 Å². The van der Waals surface area contributed by atoms with Crippen LogP contribution < -0.4 is 20.4 Å². The van der Waals surface area contributed by atoms with Crippen LogP contribution in [-0.2, 0) is 9.47 Å². The number of nitrogens with one attached hydrogen (secondary N) is 2. The maximum absolute atomic E-state index is 15.2. The van der Waals surface area contributed by atoms with Gasteiger partial charge in [0, 0.05) is 104 Å². The molecule has 4 N–H and O–H groups in total. The van der Waals surface area contributed by atoms with Gasteiger partial charge in [-0.2, -0.15) is 0 Å². The van der Waals surface area contributed by atoms with E-state index in [0.717, 1.165) is 92.4 Å². The van der Waals surface area contributed by atoms with Crippen LogP contribution >= 0.6 is 15.9 Å². The molecule has 2 aliphatic heterocycles. The summed E-state index contributed by atoms with van der Waals surface area (Å²) >= 11 is 3.54. The van der Waals surface area contributed by atoms with Gasteiger partial charge < -0.3 is 40.0 Å². The van der Waals surface area contributed by atoms with Crippen molar-refractivity contribution in [3.05, 3.63) is 142 Å². The number of halogens is 5. The number of ether oxygens (including phenoxy) is 2. The van der Waals surface area contributed by atoms with E-state index in [-0.39, 0.29) is 27.6 Å². The molecule has 0 spiro atoms. The van der Waals surface area contributed by atoms with E-state index in [9.17, 15) is 8.78 Å². The Hall–Kier alpha value is -6.84. The van der Waals surface area contributed by atoms with Gasteiger partial charge in [0.2, 0.25) is 0 Å². The smallest absolute Gasteiger partial charge is 0.427 e. The van der Waals surface area contributed by atoms with Crippen molar-refractivity contribution in [3.8, 4) is 22.8 Å². The molecule has 0 unspecified atom stereocenters.